The average Bonchev–Trinajstić information content (AvgIpc) is 2.70. The Morgan fingerprint density at radius 1 is 1.00 bits per heavy atom. The molecule has 0 radical (unpaired) electrons. The summed E-state index contributed by atoms with van der Waals surface area (Å²) < 4.78 is 24.3. The van der Waals surface area contributed by atoms with Crippen LogP contribution in [0.15, 0.2) is 53.1 Å². The maximum absolute atomic E-state index is 14.2. The minimum atomic E-state index is -0.864. The summed E-state index contributed by atoms with van der Waals surface area (Å²) in [5.41, 5.74) is 0.543. The van der Waals surface area contributed by atoms with E-state index in [1.165, 1.54) is 18.2 Å². The van der Waals surface area contributed by atoms with E-state index in [9.17, 15) is 14.0 Å². The highest BCUT2D eigenvalue weighted by Crippen LogP contribution is 2.31. The lowest BCUT2D eigenvalue weighted by Gasteiger charge is -2.16. The van der Waals surface area contributed by atoms with Gasteiger partial charge in [0.05, 0.1) is 34.0 Å². The molecule has 0 saturated carbocycles. The number of anilines is 1. The minimum absolute atomic E-state index is 0.0617. The van der Waals surface area contributed by atoms with Gasteiger partial charge >= 0.3 is 11.9 Å². The van der Waals surface area contributed by atoms with Crippen LogP contribution in [0.1, 0.15) is 19.4 Å². The Morgan fingerprint density at radius 2 is 1.63 bits per heavy atom. The minimum Gasteiger partial charge on any atom is -0.462 e. The first-order valence-corrected chi connectivity index (χ1v) is 10.8. The number of halogens is 3. The number of nitrogens with one attached hydrogen (secondary N) is 1. The summed E-state index contributed by atoms with van der Waals surface area (Å²) in [6.45, 7) is 3.36. The molecule has 5 nitrogen and oxygen atoms in total. The molecular weight excluding hydrogens is 452 g/mol. The number of hydrogen-bond acceptors (Lipinski definition) is 6. The van der Waals surface area contributed by atoms with Crippen molar-refractivity contribution in [1.29, 1.82) is 0 Å². The Balaban J connectivity index is 2.46. The van der Waals surface area contributed by atoms with Gasteiger partial charge in [0.15, 0.2) is 5.57 Å². The molecule has 0 fully saturated rings. The van der Waals surface area contributed by atoms with E-state index >= 15 is 0 Å². The van der Waals surface area contributed by atoms with E-state index in [0.717, 1.165) is 17.3 Å². The molecule has 160 valence electrons. The third-order valence-corrected chi connectivity index (χ3v) is 5.49. The number of thioether (sulfide) groups is 1. The number of para-hydroxylation sites is 1. The summed E-state index contributed by atoms with van der Waals surface area (Å²) in [6, 6.07) is 11.0. The van der Waals surface area contributed by atoms with Gasteiger partial charge in [-0.25, -0.2) is 14.0 Å². The second-order valence-corrected chi connectivity index (χ2v) is 7.59. The number of hydrogen-bond donors (Lipinski definition) is 1. The predicted molar refractivity (Wildman–Crippen MR) is 118 cm³/mol. The van der Waals surface area contributed by atoms with E-state index in [2.05, 4.69) is 5.32 Å². The number of rotatable bonds is 9. The van der Waals surface area contributed by atoms with Crippen LogP contribution in [0.25, 0.3) is 0 Å². The highest BCUT2D eigenvalue weighted by Gasteiger charge is 2.27. The summed E-state index contributed by atoms with van der Waals surface area (Å²) >= 11 is 13.1. The molecule has 1 N–H and O–H groups in total. The predicted octanol–water partition coefficient (Wildman–Crippen LogP) is 5.82. The molecule has 0 unspecified atom stereocenters. The topological polar surface area (TPSA) is 64.6 Å². The summed E-state index contributed by atoms with van der Waals surface area (Å²) in [5.74, 6) is -1.96. The van der Waals surface area contributed by atoms with Crippen molar-refractivity contribution in [2.45, 2.75) is 19.6 Å². The lowest BCUT2D eigenvalue weighted by atomic mass is 10.2. The highest BCUT2D eigenvalue weighted by atomic mass is 35.5. The van der Waals surface area contributed by atoms with Gasteiger partial charge in [-0.15, -0.1) is 11.8 Å². The monoisotopic (exact) mass is 471 g/mol. The third-order valence-electron chi connectivity index (χ3n) is 3.68. The fourth-order valence-corrected chi connectivity index (χ4v) is 3.62. The summed E-state index contributed by atoms with van der Waals surface area (Å²) in [5, 5.41) is 3.71. The quantitative estimate of drug-likeness (QED) is 0.215. The van der Waals surface area contributed by atoms with Crippen molar-refractivity contribution in [3.05, 3.63) is 74.5 Å². The molecule has 30 heavy (non-hydrogen) atoms. The van der Waals surface area contributed by atoms with Crippen LogP contribution < -0.4 is 5.32 Å². The van der Waals surface area contributed by atoms with E-state index in [-0.39, 0.29) is 29.5 Å². The molecule has 9 heteroatoms. The van der Waals surface area contributed by atoms with Crippen LogP contribution in [0, 0.1) is 5.82 Å². The van der Waals surface area contributed by atoms with E-state index < -0.39 is 17.8 Å². The van der Waals surface area contributed by atoms with Gasteiger partial charge in [-0.3, -0.25) is 0 Å². The lowest BCUT2D eigenvalue weighted by molar-refractivity contribution is -0.146. The van der Waals surface area contributed by atoms with Crippen LogP contribution in [0.5, 0.6) is 0 Å². The summed E-state index contributed by atoms with van der Waals surface area (Å²) in [4.78, 5) is 25.0. The smallest absolute Gasteiger partial charge is 0.348 e. The normalized spacial score (nSPS) is 10.3. The Hall–Kier alpha value is -2.22. The number of carbonyl (C=O) groups is 2. The van der Waals surface area contributed by atoms with E-state index in [0.29, 0.717) is 15.8 Å². The Kier molecular flexibility index (Phi) is 9.49. The van der Waals surface area contributed by atoms with Crippen LogP contribution >= 0.6 is 35.0 Å². The zero-order valence-electron chi connectivity index (χ0n) is 16.3. The number of benzene rings is 2. The van der Waals surface area contributed by atoms with Crippen molar-refractivity contribution in [2.24, 2.45) is 0 Å². The number of ether oxygens (including phenoxy) is 2. The maximum Gasteiger partial charge on any atom is 0.348 e. The molecule has 2 aromatic rings. The molecule has 0 amide bonds. The lowest BCUT2D eigenvalue weighted by Crippen LogP contribution is -2.22. The fourth-order valence-electron chi connectivity index (χ4n) is 2.32. The zero-order valence-corrected chi connectivity index (χ0v) is 18.7. The average molecular weight is 472 g/mol. The van der Waals surface area contributed by atoms with Gasteiger partial charge in [0.2, 0.25) is 0 Å². The molecule has 0 bridgehead atoms. The van der Waals surface area contributed by atoms with Crippen molar-refractivity contribution < 1.29 is 23.5 Å². The molecule has 2 rings (SSSR count). The first-order valence-electron chi connectivity index (χ1n) is 9.04. The van der Waals surface area contributed by atoms with Crippen LogP contribution in [0.4, 0.5) is 10.1 Å². The second-order valence-electron chi connectivity index (χ2n) is 5.79. The zero-order chi connectivity index (χ0) is 22.1. The van der Waals surface area contributed by atoms with Crippen LogP contribution in [0.3, 0.4) is 0 Å². The Morgan fingerprint density at radius 3 is 2.20 bits per heavy atom. The van der Waals surface area contributed by atoms with Gasteiger partial charge in [0.25, 0.3) is 0 Å². The Bertz CT molecular complexity index is 932. The SMILES string of the molecule is CCOC(=O)C(C(=O)OCC)=C(Nc1ccccc1F)SCc1ccc(Cl)c(Cl)c1. The van der Waals surface area contributed by atoms with Gasteiger partial charge in [-0.1, -0.05) is 41.4 Å². The molecule has 0 spiro atoms. The number of esters is 2. The van der Waals surface area contributed by atoms with Crippen molar-refractivity contribution >= 4 is 52.6 Å². The van der Waals surface area contributed by atoms with Crippen LogP contribution in [-0.4, -0.2) is 25.2 Å². The van der Waals surface area contributed by atoms with Crippen LogP contribution in [-0.2, 0) is 24.8 Å². The molecule has 0 atom stereocenters. The van der Waals surface area contributed by atoms with Gasteiger partial charge < -0.3 is 14.8 Å². The standard InChI is InChI=1S/C21H20Cl2FNO4S/c1-3-28-20(26)18(21(27)29-4-2)19(25-17-8-6-5-7-16(17)24)30-12-13-9-10-14(22)15(23)11-13/h5-11,25H,3-4,12H2,1-2H3. The van der Waals surface area contributed by atoms with E-state index in [1.54, 1.807) is 38.1 Å². The third kappa shape index (κ3) is 6.65. The number of carbonyl (C=O) groups excluding carboxylic acids is 2. The molecule has 0 aliphatic rings. The summed E-state index contributed by atoms with van der Waals surface area (Å²) in [6.07, 6.45) is 0. The van der Waals surface area contributed by atoms with Crippen LogP contribution in [0.2, 0.25) is 10.0 Å². The molecule has 0 aromatic heterocycles. The summed E-state index contributed by atoms with van der Waals surface area (Å²) in [7, 11) is 0. The van der Waals surface area contributed by atoms with Crippen molar-refractivity contribution in [3.8, 4) is 0 Å². The molecule has 0 aliphatic carbocycles. The van der Waals surface area contributed by atoms with Gasteiger partial charge in [-0.05, 0) is 43.7 Å². The molecule has 0 aliphatic heterocycles. The van der Waals surface area contributed by atoms with Gasteiger partial charge in [0, 0.05) is 5.75 Å². The Labute approximate surface area is 188 Å². The maximum atomic E-state index is 14.2. The van der Waals surface area contributed by atoms with Crippen molar-refractivity contribution in [1.82, 2.24) is 0 Å². The van der Waals surface area contributed by atoms with Crippen molar-refractivity contribution in [2.75, 3.05) is 18.5 Å². The molecule has 2 aromatic carbocycles. The highest BCUT2D eigenvalue weighted by molar-refractivity contribution is 8.02. The van der Waals surface area contributed by atoms with E-state index in [1.807, 2.05) is 0 Å². The second kappa shape index (κ2) is 11.8. The first-order chi connectivity index (χ1) is 14.4. The molecule has 0 saturated heterocycles. The van der Waals surface area contributed by atoms with Gasteiger partial charge in [-0.2, -0.15) is 0 Å². The van der Waals surface area contributed by atoms with Gasteiger partial charge in [0.1, 0.15) is 5.82 Å². The largest absolute Gasteiger partial charge is 0.462 e. The molecular formula is C21H20Cl2FNO4S. The van der Waals surface area contributed by atoms with Crippen molar-refractivity contribution in [3.63, 3.8) is 0 Å². The van der Waals surface area contributed by atoms with E-state index in [4.69, 9.17) is 32.7 Å². The molecule has 0 heterocycles. The fraction of sp³-hybridized carbons (Fsp3) is 0.238. The first kappa shape index (κ1) is 24.1.